The maximum atomic E-state index is 12.7. The summed E-state index contributed by atoms with van der Waals surface area (Å²) in [4.78, 5) is 11.0. The van der Waals surface area contributed by atoms with Gasteiger partial charge in [-0.2, -0.15) is 4.31 Å². The smallest absolute Gasteiger partial charge is 0.345 e. The summed E-state index contributed by atoms with van der Waals surface area (Å²) in [5, 5.41) is 8.94. The van der Waals surface area contributed by atoms with Crippen LogP contribution in [-0.2, 0) is 14.8 Å². The van der Waals surface area contributed by atoms with Crippen molar-refractivity contribution in [2.24, 2.45) is 5.92 Å². The molecule has 1 atom stereocenters. The van der Waals surface area contributed by atoms with E-state index >= 15 is 0 Å². The van der Waals surface area contributed by atoms with Crippen LogP contribution in [0.4, 0.5) is 0 Å². The lowest BCUT2D eigenvalue weighted by molar-refractivity contribution is 0.0702. The quantitative estimate of drug-likeness (QED) is 0.856. The summed E-state index contributed by atoms with van der Waals surface area (Å²) in [5.41, 5.74) is 0. The highest BCUT2D eigenvalue weighted by Crippen LogP contribution is 2.35. The zero-order chi connectivity index (χ0) is 15.0. The summed E-state index contributed by atoms with van der Waals surface area (Å²) in [6.07, 6.45) is 2.64. The minimum Gasteiger partial charge on any atom is -0.477 e. The van der Waals surface area contributed by atoms with Crippen LogP contribution in [0.25, 0.3) is 0 Å². The van der Waals surface area contributed by atoms with Gasteiger partial charge in [-0.25, -0.2) is 13.2 Å². The molecule has 0 radical (unpaired) electrons. The van der Waals surface area contributed by atoms with Gasteiger partial charge in [-0.15, -0.1) is 11.3 Å². The highest BCUT2D eigenvalue weighted by Gasteiger charge is 2.40. The summed E-state index contributed by atoms with van der Waals surface area (Å²) >= 11 is 0.819. The zero-order valence-electron chi connectivity index (χ0n) is 11.4. The first-order chi connectivity index (χ1) is 9.98. The highest BCUT2D eigenvalue weighted by atomic mass is 32.2. The molecule has 6 nitrogen and oxygen atoms in total. The predicted octanol–water partition coefficient (Wildman–Crippen LogP) is 1.64. The fraction of sp³-hybridized carbons (Fsp3) is 0.615. The molecule has 3 rings (SSSR count). The Balaban J connectivity index is 1.83. The second kappa shape index (κ2) is 5.68. The Morgan fingerprint density at radius 3 is 2.67 bits per heavy atom. The first-order valence-electron chi connectivity index (χ1n) is 6.91. The molecule has 2 heterocycles. The van der Waals surface area contributed by atoms with Gasteiger partial charge in [-0.1, -0.05) is 0 Å². The van der Waals surface area contributed by atoms with E-state index in [1.165, 1.54) is 12.1 Å². The van der Waals surface area contributed by atoms with Gasteiger partial charge < -0.3 is 9.84 Å². The van der Waals surface area contributed by atoms with E-state index in [-0.39, 0.29) is 21.0 Å². The lowest BCUT2D eigenvalue weighted by atomic mass is 10.1. The number of carbonyl (C=O) groups is 1. The Morgan fingerprint density at radius 2 is 2.14 bits per heavy atom. The molecule has 116 valence electrons. The maximum Gasteiger partial charge on any atom is 0.345 e. The van der Waals surface area contributed by atoms with Gasteiger partial charge in [0.25, 0.3) is 10.0 Å². The first-order valence-corrected chi connectivity index (χ1v) is 9.17. The van der Waals surface area contributed by atoms with Gasteiger partial charge in [0.2, 0.25) is 0 Å². The van der Waals surface area contributed by atoms with E-state index < -0.39 is 16.0 Å². The number of rotatable bonds is 6. The molecule has 1 aromatic heterocycles. The summed E-state index contributed by atoms with van der Waals surface area (Å²) in [6, 6.07) is 2.80. The molecule has 0 spiro atoms. The third kappa shape index (κ3) is 3.13. The van der Waals surface area contributed by atoms with E-state index in [1.807, 2.05) is 0 Å². The van der Waals surface area contributed by atoms with E-state index in [9.17, 15) is 13.2 Å². The Bertz CT molecular complexity index is 629. The van der Waals surface area contributed by atoms with E-state index in [0.29, 0.717) is 19.8 Å². The number of thiophene rings is 1. The molecule has 1 N–H and O–H groups in total. The fourth-order valence-corrected chi connectivity index (χ4v) is 5.51. The highest BCUT2D eigenvalue weighted by molar-refractivity contribution is 7.91. The Kier molecular flexibility index (Phi) is 4.04. The van der Waals surface area contributed by atoms with E-state index in [2.05, 4.69) is 0 Å². The molecule has 0 amide bonds. The summed E-state index contributed by atoms with van der Waals surface area (Å²) in [5.74, 6) is -0.858. The first kappa shape index (κ1) is 15.0. The van der Waals surface area contributed by atoms with Crippen LogP contribution in [0.1, 0.15) is 28.9 Å². The topological polar surface area (TPSA) is 83.9 Å². The lowest BCUT2D eigenvalue weighted by Gasteiger charge is -2.23. The van der Waals surface area contributed by atoms with Crippen molar-refractivity contribution in [1.82, 2.24) is 4.31 Å². The molecule has 1 aliphatic heterocycles. The third-order valence-corrected chi connectivity index (χ3v) is 7.23. The van der Waals surface area contributed by atoms with Crippen molar-refractivity contribution in [3.8, 4) is 0 Å². The normalized spacial score (nSPS) is 22.8. The molecule has 1 aromatic rings. The Hall–Kier alpha value is -0.960. The minimum absolute atomic E-state index is 0.0496. The van der Waals surface area contributed by atoms with Gasteiger partial charge in [0.15, 0.2) is 0 Å². The van der Waals surface area contributed by atoms with Crippen LogP contribution in [0.2, 0.25) is 0 Å². The molecule has 21 heavy (non-hydrogen) atoms. The number of sulfonamides is 1. The molecule has 1 saturated carbocycles. The third-order valence-electron chi connectivity index (χ3n) is 3.77. The van der Waals surface area contributed by atoms with Crippen LogP contribution >= 0.6 is 11.3 Å². The zero-order valence-corrected chi connectivity index (χ0v) is 13.0. The number of hydrogen-bond acceptors (Lipinski definition) is 5. The maximum absolute atomic E-state index is 12.7. The van der Waals surface area contributed by atoms with E-state index in [0.717, 1.165) is 30.6 Å². The van der Waals surface area contributed by atoms with Gasteiger partial charge in [-0.3, -0.25) is 0 Å². The average Bonchev–Trinajstić information content (AvgIpc) is 2.95. The second-order valence-electron chi connectivity index (χ2n) is 5.46. The molecule has 0 aromatic carbocycles. The van der Waals surface area contributed by atoms with Crippen molar-refractivity contribution in [3.63, 3.8) is 0 Å². The molecular weight excluding hydrogens is 314 g/mol. The SMILES string of the molecule is O=C(O)c1ccc(S(=O)(=O)N(CC2CCOC2)C2CC2)s1. The van der Waals surface area contributed by atoms with Crippen LogP contribution in [0.3, 0.4) is 0 Å². The number of ether oxygens (including phenoxy) is 1. The summed E-state index contributed by atoms with van der Waals surface area (Å²) in [6.45, 7) is 1.75. The van der Waals surface area contributed by atoms with Crippen molar-refractivity contribution in [2.75, 3.05) is 19.8 Å². The Morgan fingerprint density at radius 1 is 1.38 bits per heavy atom. The summed E-state index contributed by atoms with van der Waals surface area (Å²) in [7, 11) is -3.61. The number of aromatic carboxylic acids is 1. The van der Waals surface area contributed by atoms with Crippen molar-refractivity contribution < 1.29 is 23.1 Å². The van der Waals surface area contributed by atoms with Gasteiger partial charge in [0.1, 0.15) is 9.09 Å². The fourth-order valence-electron chi connectivity index (χ4n) is 2.48. The molecular formula is C13H17NO5S2. The molecule has 1 unspecified atom stereocenters. The predicted molar refractivity (Wildman–Crippen MR) is 77.1 cm³/mol. The molecule has 1 saturated heterocycles. The van der Waals surface area contributed by atoms with Gasteiger partial charge in [-0.05, 0) is 37.3 Å². The molecule has 2 fully saturated rings. The standard InChI is InChI=1S/C13H17NO5S2/c15-13(16)11-3-4-12(20-11)21(17,18)14(10-1-2-10)7-9-5-6-19-8-9/h3-4,9-10H,1-2,5-8H2,(H,15,16). The lowest BCUT2D eigenvalue weighted by Crippen LogP contribution is -2.37. The molecule has 1 aliphatic carbocycles. The van der Waals surface area contributed by atoms with Gasteiger partial charge >= 0.3 is 5.97 Å². The molecule has 8 heteroatoms. The number of nitrogens with zero attached hydrogens (tertiary/aromatic N) is 1. The second-order valence-corrected chi connectivity index (χ2v) is 8.66. The van der Waals surface area contributed by atoms with Gasteiger partial charge in [0, 0.05) is 19.2 Å². The summed E-state index contributed by atoms with van der Waals surface area (Å²) < 4.78 is 32.5. The van der Waals surface area contributed by atoms with E-state index in [1.54, 1.807) is 4.31 Å². The number of carboxylic acid groups (broad SMARTS) is 1. The van der Waals surface area contributed by atoms with Crippen LogP contribution in [-0.4, -0.2) is 49.6 Å². The van der Waals surface area contributed by atoms with Crippen LogP contribution in [0.5, 0.6) is 0 Å². The van der Waals surface area contributed by atoms with Crippen LogP contribution < -0.4 is 0 Å². The van der Waals surface area contributed by atoms with E-state index in [4.69, 9.17) is 9.84 Å². The van der Waals surface area contributed by atoms with Crippen LogP contribution in [0.15, 0.2) is 16.3 Å². The van der Waals surface area contributed by atoms with Crippen molar-refractivity contribution in [1.29, 1.82) is 0 Å². The minimum atomic E-state index is -3.61. The molecule has 2 aliphatic rings. The molecule has 0 bridgehead atoms. The largest absolute Gasteiger partial charge is 0.477 e. The number of hydrogen-bond donors (Lipinski definition) is 1. The monoisotopic (exact) mass is 331 g/mol. The van der Waals surface area contributed by atoms with Crippen molar-refractivity contribution in [2.45, 2.75) is 29.5 Å². The van der Waals surface area contributed by atoms with Crippen molar-refractivity contribution >= 4 is 27.3 Å². The number of carboxylic acids is 1. The van der Waals surface area contributed by atoms with Crippen LogP contribution in [0, 0.1) is 5.92 Å². The Labute approximate surface area is 127 Å². The van der Waals surface area contributed by atoms with Gasteiger partial charge in [0.05, 0.1) is 6.61 Å². The van der Waals surface area contributed by atoms with Crippen molar-refractivity contribution in [3.05, 3.63) is 17.0 Å². The average molecular weight is 331 g/mol.